The van der Waals surface area contributed by atoms with Crippen molar-refractivity contribution in [1.82, 2.24) is 9.55 Å². The van der Waals surface area contributed by atoms with Gasteiger partial charge in [-0.05, 0) is 25.7 Å². The molecule has 0 radical (unpaired) electrons. The highest BCUT2D eigenvalue weighted by Gasteiger charge is 2.29. The second kappa shape index (κ2) is 4.92. The first-order valence-corrected chi connectivity index (χ1v) is 6.43. The molecule has 0 aromatic carbocycles. The third-order valence-corrected chi connectivity index (χ3v) is 3.33. The summed E-state index contributed by atoms with van der Waals surface area (Å²) in [5.41, 5.74) is 2.01. The minimum absolute atomic E-state index is 0.0493. The predicted molar refractivity (Wildman–Crippen MR) is 66.9 cm³/mol. The van der Waals surface area contributed by atoms with Gasteiger partial charge >= 0.3 is 11.7 Å². The standard InChI is InChI=1S/C13H18N2O3/c1-3-10-9(7-12(16)17)11(4-2)15(8-5-6-8)13(18)14-10/h8H,3-7H2,1-2H3,(H,16,17). The molecule has 1 saturated carbocycles. The highest BCUT2D eigenvalue weighted by Crippen LogP contribution is 2.35. The van der Waals surface area contributed by atoms with E-state index < -0.39 is 5.97 Å². The number of nitrogens with zero attached hydrogens (tertiary/aromatic N) is 2. The van der Waals surface area contributed by atoms with Crippen LogP contribution in [0.3, 0.4) is 0 Å². The summed E-state index contributed by atoms with van der Waals surface area (Å²) in [5, 5.41) is 9.01. The summed E-state index contributed by atoms with van der Waals surface area (Å²) in [6.07, 6.45) is 3.20. The van der Waals surface area contributed by atoms with E-state index in [4.69, 9.17) is 5.11 Å². The summed E-state index contributed by atoms with van der Waals surface area (Å²) in [5.74, 6) is -0.873. The molecule has 0 amide bonds. The van der Waals surface area contributed by atoms with Crippen LogP contribution in [0.25, 0.3) is 0 Å². The van der Waals surface area contributed by atoms with Crippen LogP contribution < -0.4 is 5.69 Å². The Labute approximate surface area is 105 Å². The van der Waals surface area contributed by atoms with Gasteiger partial charge in [0.2, 0.25) is 0 Å². The number of aryl methyl sites for hydroxylation is 1. The van der Waals surface area contributed by atoms with Crippen LogP contribution in [-0.2, 0) is 24.1 Å². The normalized spacial score (nSPS) is 14.8. The number of rotatable bonds is 5. The Kier molecular flexibility index (Phi) is 3.50. The summed E-state index contributed by atoms with van der Waals surface area (Å²) in [4.78, 5) is 27.0. The molecule has 0 bridgehead atoms. The van der Waals surface area contributed by atoms with E-state index in [1.807, 2.05) is 13.8 Å². The zero-order valence-corrected chi connectivity index (χ0v) is 10.8. The third-order valence-electron chi connectivity index (χ3n) is 3.33. The fourth-order valence-electron chi connectivity index (χ4n) is 2.40. The van der Waals surface area contributed by atoms with Crippen molar-refractivity contribution in [3.05, 3.63) is 27.4 Å². The van der Waals surface area contributed by atoms with E-state index in [0.29, 0.717) is 18.5 Å². The number of hydrogen-bond donors (Lipinski definition) is 1. The molecule has 0 aliphatic heterocycles. The molecule has 1 aliphatic carbocycles. The van der Waals surface area contributed by atoms with Gasteiger partial charge in [0.25, 0.3) is 0 Å². The Bertz CT molecular complexity index is 530. The van der Waals surface area contributed by atoms with E-state index in [-0.39, 0.29) is 18.2 Å². The zero-order chi connectivity index (χ0) is 13.3. The molecule has 18 heavy (non-hydrogen) atoms. The van der Waals surface area contributed by atoms with Crippen LogP contribution >= 0.6 is 0 Å². The summed E-state index contributed by atoms with van der Waals surface area (Å²) in [6.45, 7) is 3.85. The van der Waals surface area contributed by atoms with Crippen LogP contribution in [-0.4, -0.2) is 20.6 Å². The van der Waals surface area contributed by atoms with E-state index >= 15 is 0 Å². The SMILES string of the molecule is CCc1nc(=O)n(C2CC2)c(CC)c1CC(=O)O. The van der Waals surface area contributed by atoms with Crippen molar-refractivity contribution in [2.24, 2.45) is 0 Å². The third kappa shape index (κ3) is 2.30. The fourth-order valence-corrected chi connectivity index (χ4v) is 2.40. The van der Waals surface area contributed by atoms with Gasteiger partial charge in [-0.3, -0.25) is 9.36 Å². The maximum Gasteiger partial charge on any atom is 0.348 e. The Balaban J connectivity index is 2.62. The van der Waals surface area contributed by atoms with Crippen LogP contribution in [0.4, 0.5) is 0 Å². The van der Waals surface area contributed by atoms with Gasteiger partial charge in [-0.2, -0.15) is 4.98 Å². The highest BCUT2D eigenvalue weighted by molar-refractivity contribution is 5.71. The second-order valence-electron chi connectivity index (χ2n) is 4.65. The van der Waals surface area contributed by atoms with Gasteiger partial charge in [0.05, 0.1) is 12.1 Å². The molecule has 1 heterocycles. The Morgan fingerprint density at radius 3 is 2.50 bits per heavy atom. The van der Waals surface area contributed by atoms with Crippen molar-refractivity contribution < 1.29 is 9.90 Å². The van der Waals surface area contributed by atoms with Gasteiger partial charge in [-0.15, -0.1) is 0 Å². The smallest absolute Gasteiger partial charge is 0.348 e. The number of carbonyl (C=O) groups is 1. The highest BCUT2D eigenvalue weighted by atomic mass is 16.4. The van der Waals surface area contributed by atoms with E-state index in [1.165, 1.54) is 0 Å². The first-order valence-electron chi connectivity index (χ1n) is 6.43. The molecule has 0 atom stereocenters. The van der Waals surface area contributed by atoms with Gasteiger partial charge in [0.1, 0.15) is 0 Å². The van der Waals surface area contributed by atoms with E-state index in [1.54, 1.807) is 4.57 Å². The summed E-state index contributed by atoms with van der Waals surface area (Å²) >= 11 is 0. The van der Waals surface area contributed by atoms with Crippen LogP contribution in [0.1, 0.15) is 49.7 Å². The topological polar surface area (TPSA) is 72.2 Å². The van der Waals surface area contributed by atoms with Gasteiger partial charge in [-0.1, -0.05) is 13.8 Å². The lowest BCUT2D eigenvalue weighted by Gasteiger charge is -2.16. The van der Waals surface area contributed by atoms with E-state index in [9.17, 15) is 9.59 Å². The molecule has 0 saturated heterocycles. The van der Waals surface area contributed by atoms with Crippen molar-refractivity contribution >= 4 is 5.97 Å². The predicted octanol–water partition coefficient (Wildman–Crippen LogP) is 1.33. The second-order valence-corrected chi connectivity index (χ2v) is 4.65. The van der Waals surface area contributed by atoms with Gasteiger partial charge in [0, 0.05) is 17.3 Å². The molecule has 0 spiro atoms. The number of carboxylic acids is 1. The molecular weight excluding hydrogens is 232 g/mol. The van der Waals surface area contributed by atoms with Crippen LogP contribution in [0.2, 0.25) is 0 Å². The molecule has 1 fully saturated rings. The minimum atomic E-state index is -0.873. The first-order chi connectivity index (χ1) is 8.58. The average molecular weight is 250 g/mol. The molecule has 5 heteroatoms. The van der Waals surface area contributed by atoms with Crippen LogP contribution in [0, 0.1) is 0 Å². The molecular formula is C13H18N2O3. The van der Waals surface area contributed by atoms with Crippen LogP contribution in [0.15, 0.2) is 4.79 Å². The van der Waals surface area contributed by atoms with Crippen molar-refractivity contribution in [3.8, 4) is 0 Å². The first kappa shape index (κ1) is 12.8. The fraction of sp³-hybridized carbons (Fsp3) is 0.615. The zero-order valence-electron chi connectivity index (χ0n) is 10.8. The monoisotopic (exact) mass is 250 g/mol. The number of aliphatic carboxylic acids is 1. The molecule has 1 aromatic rings. The summed E-state index contributed by atoms with van der Waals surface area (Å²) in [7, 11) is 0. The maximum atomic E-state index is 12.0. The van der Waals surface area contributed by atoms with Gasteiger partial charge < -0.3 is 5.11 Å². The summed E-state index contributed by atoms with van der Waals surface area (Å²) < 4.78 is 1.71. The maximum absolute atomic E-state index is 12.0. The molecule has 1 aliphatic rings. The number of carboxylic acid groups (broad SMARTS) is 1. The van der Waals surface area contributed by atoms with E-state index in [2.05, 4.69) is 4.98 Å². The lowest BCUT2D eigenvalue weighted by atomic mass is 10.0. The lowest BCUT2D eigenvalue weighted by molar-refractivity contribution is -0.136. The molecule has 98 valence electrons. The minimum Gasteiger partial charge on any atom is -0.481 e. The van der Waals surface area contributed by atoms with Crippen molar-refractivity contribution in [3.63, 3.8) is 0 Å². The molecule has 0 unspecified atom stereocenters. The molecule has 5 nitrogen and oxygen atoms in total. The Morgan fingerprint density at radius 2 is 2.06 bits per heavy atom. The quantitative estimate of drug-likeness (QED) is 0.855. The average Bonchev–Trinajstić information content (AvgIpc) is 3.13. The number of aromatic nitrogens is 2. The summed E-state index contributed by atoms with van der Waals surface area (Å²) in [6, 6.07) is 0.235. The molecule has 1 aromatic heterocycles. The van der Waals surface area contributed by atoms with Gasteiger partial charge in [0.15, 0.2) is 0 Å². The molecule has 2 rings (SSSR count). The van der Waals surface area contributed by atoms with Crippen molar-refractivity contribution in [2.75, 3.05) is 0 Å². The van der Waals surface area contributed by atoms with Gasteiger partial charge in [-0.25, -0.2) is 4.79 Å². The van der Waals surface area contributed by atoms with Crippen LogP contribution in [0.5, 0.6) is 0 Å². The molecule has 1 N–H and O–H groups in total. The lowest BCUT2D eigenvalue weighted by Crippen LogP contribution is -2.29. The van der Waals surface area contributed by atoms with E-state index in [0.717, 1.165) is 24.1 Å². The van der Waals surface area contributed by atoms with Crippen molar-refractivity contribution in [1.29, 1.82) is 0 Å². The largest absolute Gasteiger partial charge is 0.481 e. The van der Waals surface area contributed by atoms with Crippen molar-refractivity contribution in [2.45, 2.75) is 52.0 Å². The Morgan fingerprint density at radius 1 is 1.39 bits per heavy atom. The number of hydrogen-bond acceptors (Lipinski definition) is 3. The Hall–Kier alpha value is -1.65.